The molecule has 0 heterocycles. The second kappa shape index (κ2) is 9.80. The molecule has 3 rings (SSSR count). The molecule has 0 fully saturated rings. The summed E-state index contributed by atoms with van der Waals surface area (Å²) in [5.41, 5.74) is 1.80. The lowest BCUT2D eigenvalue weighted by molar-refractivity contribution is 0.306. The Bertz CT molecular complexity index is 1100. The van der Waals surface area contributed by atoms with Crippen molar-refractivity contribution >= 4 is 16.2 Å². The van der Waals surface area contributed by atoms with Crippen molar-refractivity contribution in [2.45, 2.75) is 11.5 Å². The van der Waals surface area contributed by atoms with E-state index in [1.54, 1.807) is 24.3 Å². The van der Waals surface area contributed by atoms with E-state index in [9.17, 15) is 8.42 Å². The number of hydrogen-bond acceptors (Lipinski definition) is 6. The number of hydrogen-bond donors (Lipinski definition) is 1. The maximum atomic E-state index is 12.4. The Morgan fingerprint density at radius 1 is 0.900 bits per heavy atom. The molecule has 0 radical (unpaired) electrons. The summed E-state index contributed by atoms with van der Waals surface area (Å²) in [5, 5.41) is 3.84. The highest BCUT2D eigenvalue weighted by Crippen LogP contribution is 2.29. The average molecular weight is 426 g/mol. The van der Waals surface area contributed by atoms with Gasteiger partial charge in [-0.2, -0.15) is 13.5 Å². The lowest BCUT2D eigenvalue weighted by Gasteiger charge is -2.09. The fraction of sp³-hybridized carbons (Fsp3) is 0.136. The minimum absolute atomic E-state index is 0.0157. The van der Waals surface area contributed by atoms with Gasteiger partial charge < -0.3 is 14.2 Å². The van der Waals surface area contributed by atoms with Crippen LogP contribution in [0.4, 0.5) is 0 Å². The van der Waals surface area contributed by atoms with Gasteiger partial charge in [0.2, 0.25) is 0 Å². The van der Waals surface area contributed by atoms with E-state index in [0.29, 0.717) is 23.9 Å². The van der Waals surface area contributed by atoms with E-state index in [1.165, 1.54) is 38.6 Å². The van der Waals surface area contributed by atoms with Crippen molar-refractivity contribution in [3.05, 3.63) is 83.9 Å². The first-order valence-corrected chi connectivity index (χ1v) is 10.5. The zero-order chi connectivity index (χ0) is 21.4. The van der Waals surface area contributed by atoms with Gasteiger partial charge in [-0.05, 0) is 47.5 Å². The number of nitrogens with one attached hydrogen (secondary N) is 1. The molecule has 0 saturated carbocycles. The molecule has 8 heteroatoms. The van der Waals surface area contributed by atoms with Gasteiger partial charge in [0.15, 0.2) is 11.5 Å². The molecule has 0 spiro atoms. The lowest BCUT2D eigenvalue weighted by Crippen LogP contribution is -2.18. The molecule has 0 aromatic heterocycles. The first-order valence-electron chi connectivity index (χ1n) is 9.05. The van der Waals surface area contributed by atoms with E-state index in [0.717, 1.165) is 11.1 Å². The van der Waals surface area contributed by atoms with Gasteiger partial charge in [0.1, 0.15) is 12.4 Å². The number of hydrazone groups is 1. The summed E-state index contributed by atoms with van der Waals surface area (Å²) in [5.74, 6) is 1.46. The van der Waals surface area contributed by atoms with Crippen molar-refractivity contribution < 1.29 is 22.6 Å². The second-order valence-electron chi connectivity index (χ2n) is 6.21. The van der Waals surface area contributed by atoms with Crippen LogP contribution >= 0.6 is 0 Å². The van der Waals surface area contributed by atoms with Crippen molar-refractivity contribution in [2.75, 3.05) is 14.2 Å². The number of nitrogens with zero attached hydrogens (tertiary/aromatic N) is 1. The Morgan fingerprint density at radius 2 is 1.60 bits per heavy atom. The van der Waals surface area contributed by atoms with Crippen LogP contribution in [0.15, 0.2) is 82.8 Å². The quantitative estimate of drug-likeness (QED) is 0.417. The molecule has 0 saturated heterocycles. The van der Waals surface area contributed by atoms with E-state index in [1.807, 2.05) is 30.3 Å². The van der Waals surface area contributed by atoms with Gasteiger partial charge in [0.05, 0.1) is 25.3 Å². The van der Waals surface area contributed by atoms with E-state index >= 15 is 0 Å². The Hall–Kier alpha value is -3.52. The van der Waals surface area contributed by atoms with Gasteiger partial charge in [0.25, 0.3) is 10.0 Å². The highest BCUT2D eigenvalue weighted by Gasteiger charge is 2.16. The smallest absolute Gasteiger partial charge is 0.276 e. The first kappa shape index (κ1) is 21.2. The van der Waals surface area contributed by atoms with E-state index < -0.39 is 10.0 Å². The molecule has 3 aromatic carbocycles. The molecule has 3 aromatic rings. The third-order valence-corrected chi connectivity index (χ3v) is 5.40. The molecule has 0 unspecified atom stereocenters. The minimum atomic E-state index is -3.84. The highest BCUT2D eigenvalue weighted by molar-refractivity contribution is 7.89. The van der Waals surface area contributed by atoms with Crippen LogP contribution in [0.5, 0.6) is 17.2 Å². The minimum Gasteiger partial charge on any atom is -0.493 e. The fourth-order valence-electron chi connectivity index (χ4n) is 2.60. The predicted molar refractivity (Wildman–Crippen MR) is 115 cm³/mol. The number of rotatable bonds is 9. The standard InChI is InChI=1S/C22H22N2O5S/c1-27-21-13-12-20(14-22(21)28-2)30(25,26)24-23-15-17-8-10-19(11-9-17)29-16-18-6-4-3-5-7-18/h3-15,24H,16H2,1-2H3/b23-15+. The van der Waals surface area contributed by atoms with Crippen molar-refractivity contribution in [1.29, 1.82) is 0 Å². The van der Waals surface area contributed by atoms with Crippen LogP contribution in [0.25, 0.3) is 0 Å². The summed E-state index contributed by atoms with van der Waals surface area (Å²) in [6, 6.07) is 21.3. The Kier molecular flexibility index (Phi) is 6.92. The van der Waals surface area contributed by atoms with Crippen molar-refractivity contribution in [2.24, 2.45) is 5.10 Å². The molecule has 0 aliphatic carbocycles. The van der Waals surface area contributed by atoms with E-state index in [2.05, 4.69) is 9.93 Å². The maximum Gasteiger partial charge on any atom is 0.276 e. The molecule has 0 aliphatic rings. The van der Waals surface area contributed by atoms with E-state index in [-0.39, 0.29) is 4.90 Å². The molecule has 0 bridgehead atoms. The van der Waals surface area contributed by atoms with Crippen LogP contribution in [-0.4, -0.2) is 28.9 Å². The fourth-order valence-corrected chi connectivity index (χ4v) is 3.40. The Balaban J connectivity index is 1.60. The number of methoxy groups -OCH3 is 2. The summed E-state index contributed by atoms with van der Waals surface area (Å²) < 4.78 is 40.8. The monoisotopic (exact) mass is 426 g/mol. The van der Waals surface area contributed by atoms with Crippen LogP contribution < -0.4 is 19.0 Å². The topological polar surface area (TPSA) is 86.2 Å². The van der Waals surface area contributed by atoms with Gasteiger partial charge in [-0.15, -0.1) is 0 Å². The normalized spacial score (nSPS) is 11.3. The van der Waals surface area contributed by atoms with Crippen molar-refractivity contribution in [3.63, 3.8) is 0 Å². The first-order chi connectivity index (χ1) is 14.5. The third kappa shape index (κ3) is 5.51. The predicted octanol–water partition coefficient (Wildman–Crippen LogP) is 3.60. The van der Waals surface area contributed by atoms with Gasteiger partial charge >= 0.3 is 0 Å². The molecule has 1 N–H and O–H groups in total. The largest absolute Gasteiger partial charge is 0.493 e. The third-order valence-electron chi connectivity index (χ3n) is 4.18. The lowest BCUT2D eigenvalue weighted by atomic mass is 10.2. The molecule has 156 valence electrons. The molecule has 0 aliphatic heterocycles. The number of ether oxygens (including phenoxy) is 3. The second-order valence-corrected chi connectivity index (χ2v) is 7.87. The summed E-state index contributed by atoms with van der Waals surface area (Å²) in [6.07, 6.45) is 1.42. The molecule has 7 nitrogen and oxygen atoms in total. The highest BCUT2D eigenvalue weighted by atomic mass is 32.2. The maximum absolute atomic E-state index is 12.4. The summed E-state index contributed by atoms with van der Waals surface area (Å²) in [6.45, 7) is 0.472. The molecular weight excluding hydrogens is 404 g/mol. The molecule has 0 atom stereocenters. The van der Waals surface area contributed by atoms with Crippen LogP contribution in [0.2, 0.25) is 0 Å². The zero-order valence-corrected chi connectivity index (χ0v) is 17.4. The average Bonchev–Trinajstić information content (AvgIpc) is 2.78. The molecule has 30 heavy (non-hydrogen) atoms. The summed E-state index contributed by atoms with van der Waals surface area (Å²) in [4.78, 5) is 2.20. The summed E-state index contributed by atoms with van der Waals surface area (Å²) in [7, 11) is -0.927. The number of sulfonamides is 1. The van der Waals surface area contributed by atoms with Crippen molar-refractivity contribution in [3.8, 4) is 17.2 Å². The molecular formula is C22H22N2O5S. The van der Waals surface area contributed by atoms with Gasteiger partial charge in [-0.3, -0.25) is 0 Å². The van der Waals surface area contributed by atoms with Gasteiger partial charge in [0, 0.05) is 6.07 Å². The Labute approximate surface area is 176 Å². The van der Waals surface area contributed by atoms with Crippen molar-refractivity contribution in [1.82, 2.24) is 4.83 Å². The van der Waals surface area contributed by atoms with Gasteiger partial charge in [-0.25, -0.2) is 4.83 Å². The van der Waals surface area contributed by atoms with Gasteiger partial charge in [-0.1, -0.05) is 30.3 Å². The van der Waals surface area contributed by atoms with Crippen LogP contribution in [-0.2, 0) is 16.6 Å². The zero-order valence-electron chi connectivity index (χ0n) is 16.6. The van der Waals surface area contributed by atoms with Crippen LogP contribution in [0.3, 0.4) is 0 Å². The molecule has 0 amide bonds. The summed E-state index contributed by atoms with van der Waals surface area (Å²) >= 11 is 0. The number of benzene rings is 3. The Morgan fingerprint density at radius 3 is 2.27 bits per heavy atom. The van der Waals surface area contributed by atoms with E-state index in [4.69, 9.17) is 14.2 Å². The SMILES string of the molecule is COc1ccc(S(=O)(=O)N/N=C/c2ccc(OCc3ccccc3)cc2)cc1OC. The van der Waals surface area contributed by atoms with Crippen LogP contribution in [0.1, 0.15) is 11.1 Å². The van der Waals surface area contributed by atoms with Crippen LogP contribution in [0, 0.1) is 0 Å².